The van der Waals surface area contributed by atoms with Crippen molar-refractivity contribution in [2.75, 3.05) is 6.61 Å². The van der Waals surface area contributed by atoms with Gasteiger partial charge in [-0.2, -0.15) is 0 Å². The molecule has 1 heterocycles. The lowest BCUT2D eigenvalue weighted by Crippen LogP contribution is -2.30. The van der Waals surface area contributed by atoms with Gasteiger partial charge in [-0.25, -0.2) is 4.98 Å². The fourth-order valence-electron chi connectivity index (χ4n) is 5.14. The fourth-order valence-corrected chi connectivity index (χ4v) is 5.14. The highest BCUT2D eigenvalue weighted by molar-refractivity contribution is 5.80. The van der Waals surface area contributed by atoms with Gasteiger partial charge < -0.3 is 14.6 Å². The Hall–Kier alpha value is -4.38. The number of ether oxygens (including phenoxy) is 1. The Morgan fingerprint density at radius 1 is 0.825 bits per heavy atom. The minimum absolute atomic E-state index is 0.0211. The molecule has 0 aliphatic heterocycles. The number of hydrogen-bond acceptors (Lipinski definition) is 3. The molecule has 0 fully saturated rings. The van der Waals surface area contributed by atoms with Gasteiger partial charge in [0, 0.05) is 6.54 Å². The number of para-hydroxylation sites is 3. The summed E-state index contributed by atoms with van der Waals surface area (Å²) in [6.07, 6.45) is 1.15. The first-order valence-electron chi connectivity index (χ1n) is 14.1. The van der Waals surface area contributed by atoms with Crippen molar-refractivity contribution < 1.29 is 9.53 Å². The minimum atomic E-state index is -0.230. The van der Waals surface area contributed by atoms with Gasteiger partial charge in [0.05, 0.1) is 30.1 Å². The van der Waals surface area contributed by atoms with Crippen LogP contribution in [0.1, 0.15) is 56.1 Å². The smallest absolute Gasteiger partial charge is 0.224 e. The van der Waals surface area contributed by atoms with Crippen LogP contribution in [0.2, 0.25) is 0 Å². The maximum Gasteiger partial charge on any atom is 0.224 e. The number of carbonyl (C=O) groups excluding carboxylic acids is 1. The van der Waals surface area contributed by atoms with E-state index in [0.29, 0.717) is 18.9 Å². The molecule has 5 heteroatoms. The summed E-state index contributed by atoms with van der Waals surface area (Å²) in [5.74, 6) is 2.20. The third kappa shape index (κ3) is 6.42. The van der Waals surface area contributed by atoms with E-state index in [-0.39, 0.29) is 11.9 Å². The number of carbonyl (C=O) groups is 1. The SMILES string of the molecule is CC(C)c1ccccc1OCCCn1c(C(C)NC(=O)Cc2ccc(-c3ccccc3)cc2)nc2ccccc21. The summed E-state index contributed by atoms with van der Waals surface area (Å²) in [7, 11) is 0. The summed E-state index contributed by atoms with van der Waals surface area (Å²) >= 11 is 0. The first kappa shape index (κ1) is 27.2. The second kappa shape index (κ2) is 12.6. The number of hydrogen-bond donors (Lipinski definition) is 1. The van der Waals surface area contributed by atoms with Gasteiger partial charge >= 0.3 is 0 Å². The summed E-state index contributed by atoms with van der Waals surface area (Å²) in [5.41, 5.74) is 6.52. The van der Waals surface area contributed by atoms with Gasteiger partial charge in [-0.15, -0.1) is 0 Å². The monoisotopic (exact) mass is 531 g/mol. The molecule has 4 aromatic carbocycles. The maximum absolute atomic E-state index is 13.0. The first-order chi connectivity index (χ1) is 19.5. The van der Waals surface area contributed by atoms with E-state index < -0.39 is 0 Å². The third-order valence-corrected chi connectivity index (χ3v) is 7.20. The number of aromatic nitrogens is 2. The van der Waals surface area contributed by atoms with Crippen molar-refractivity contribution in [1.29, 1.82) is 0 Å². The number of aryl methyl sites for hydroxylation is 1. The molecule has 0 radical (unpaired) electrons. The molecule has 0 aliphatic rings. The van der Waals surface area contributed by atoms with E-state index in [1.54, 1.807) is 0 Å². The lowest BCUT2D eigenvalue weighted by molar-refractivity contribution is -0.121. The Morgan fingerprint density at radius 2 is 1.50 bits per heavy atom. The second-order valence-electron chi connectivity index (χ2n) is 10.5. The van der Waals surface area contributed by atoms with Gasteiger partial charge in [-0.05, 0) is 59.7 Å². The molecule has 204 valence electrons. The molecule has 0 saturated heterocycles. The van der Waals surface area contributed by atoms with E-state index in [0.717, 1.165) is 46.7 Å². The van der Waals surface area contributed by atoms with E-state index in [1.807, 2.05) is 67.6 Å². The number of amides is 1. The Kier molecular flexibility index (Phi) is 8.60. The molecule has 1 N–H and O–H groups in total. The zero-order valence-electron chi connectivity index (χ0n) is 23.5. The molecular weight excluding hydrogens is 494 g/mol. The van der Waals surface area contributed by atoms with Gasteiger partial charge in [0.15, 0.2) is 0 Å². The highest BCUT2D eigenvalue weighted by atomic mass is 16.5. The molecule has 0 spiro atoms. The number of rotatable bonds is 11. The summed E-state index contributed by atoms with van der Waals surface area (Å²) in [4.78, 5) is 17.9. The topological polar surface area (TPSA) is 56.1 Å². The number of nitrogens with zero attached hydrogens (tertiary/aromatic N) is 2. The zero-order valence-corrected chi connectivity index (χ0v) is 23.5. The first-order valence-corrected chi connectivity index (χ1v) is 14.1. The predicted molar refractivity (Wildman–Crippen MR) is 163 cm³/mol. The third-order valence-electron chi connectivity index (χ3n) is 7.20. The summed E-state index contributed by atoms with van der Waals surface area (Å²) in [6.45, 7) is 7.73. The van der Waals surface area contributed by atoms with E-state index in [2.05, 4.69) is 66.2 Å². The van der Waals surface area contributed by atoms with Crippen molar-refractivity contribution >= 4 is 16.9 Å². The largest absolute Gasteiger partial charge is 0.493 e. The van der Waals surface area contributed by atoms with Crippen LogP contribution < -0.4 is 10.1 Å². The molecule has 40 heavy (non-hydrogen) atoms. The van der Waals surface area contributed by atoms with Crippen LogP contribution in [0.25, 0.3) is 22.2 Å². The molecule has 1 aromatic heterocycles. The quantitative estimate of drug-likeness (QED) is 0.178. The van der Waals surface area contributed by atoms with Gasteiger partial charge in [0.1, 0.15) is 11.6 Å². The van der Waals surface area contributed by atoms with E-state index in [9.17, 15) is 4.79 Å². The summed E-state index contributed by atoms with van der Waals surface area (Å²) in [5, 5.41) is 3.17. The Bertz CT molecular complexity index is 1560. The van der Waals surface area contributed by atoms with Gasteiger partial charge in [0.2, 0.25) is 5.91 Å². The van der Waals surface area contributed by atoms with E-state index in [1.165, 1.54) is 11.1 Å². The molecule has 5 rings (SSSR count). The minimum Gasteiger partial charge on any atom is -0.493 e. The van der Waals surface area contributed by atoms with Crippen molar-refractivity contribution in [1.82, 2.24) is 14.9 Å². The normalized spacial score (nSPS) is 12.0. The number of nitrogens with one attached hydrogen (secondary N) is 1. The van der Waals surface area contributed by atoms with Gasteiger partial charge in [-0.1, -0.05) is 98.8 Å². The van der Waals surface area contributed by atoms with Crippen LogP contribution in [0.4, 0.5) is 0 Å². The van der Waals surface area contributed by atoms with E-state index in [4.69, 9.17) is 9.72 Å². The highest BCUT2D eigenvalue weighted by Gasteiger charge is 2.19. The van der Waals surface area contributed by atoms with Crippen LogP contribution in [0, 0.1) is 0 Å². The molecule has 1 unspecified atom stereocenters. The van der Waals surface area contributed by atoms with Crippen LogP contribution in [-0.2, 0) is 17.8 Å². The average Bonchev–Trinajstić information content (AvgIpc) is 3.35. The van der Waals surface area contributed by atoms with E-state index >= 15 is 0 Å². The maximum atomic E-state index is 13.0. The molecule has 5 nitrogen and oxygen atoms in total. The van der Waals surface area contributed by atoms with Crippen LogP contribution in [0.3, 0.4) is 0 Å². The lowest BCUT2D eigenvalue weighted by atomic mass is 10.0. The molecular formula is C35H37N3O2. The van der Waals surface area contributed by atoms with Crippen LogP contribution in [-0.4, -0.2) is 22.1 Å². The number of fused-ring (bicyclic) bond motifs is 1. The Balaban J connectivity index is 1.23. The van der Waals surface area contributed by atoms with Crippen molar-refractivity contribution in [3.8, 4) is 16.9 Å². The van der Waals surface area contributed by atoms with Crippen molar-refractivity contribution in [2.24, 2.45) is 0 Å². The van der Waals surface area contributed by atoms with Gasteiger partial charge in [0.25, 0.3) is 0 Å². The second-order valence-corrected chi connectivity index (χ2v) is 10.5. The molecule has 1 atom stereocenters. The van der Waals surface area contributed by atoms with Crippen LogP contribution in [0.5, 0.6) is 5.75 Å². The summed E-state index contributed by atoms with van der Waals surface area (Å²) in [6, 6.07) is 34.6. The van der Waals surface area contributed by atoms with Gasteiger partial charge in [-0.3, -0.25) is 4.79 Å². The fraction of sp³-hybridized carbons (Fsp3) is 0.257. The standard InChI is InChI=1S/C35H37N3O2/c1-25(2)30-14-7-10-17-33(30)40-23-11-22-38-32-16-9-8-15-31(32)37-35(38)26(3)36-34(39)24-27-18-20-29(21-19-27)28-12-5-4-6-13-28/h4-10,12-21,25-26H,11,22-24H2,1-3H3,(H,36,39). The van der Waals surface area contributed by atoms with Crippen LogP contribution >= 0.6 is 0 Å². The number of benzene rings is 4. The zero-order chi connectivity index (χ0) is 27.9. The Labute approximate surface area is 236 Å². The lowest BCUT2D eigenvalue weighted by Gasteiger charge is -2.17. The van der Waals surface area contributed by atoms with Crippen molar-refractivity contribution in [2.45, 2.75) is 52.1 Å². The highest BCUT2D eigenvalue weighted by Crippen LogP contribution is 2.26. The molecule has 0 bridgehead atoms. The molecule has 0 saturated carbocycles. The molecule has 1 amide bonds. The average molecular weight is 532 g/mol. The molecule has 5 aromatic rings. The Morgan fingerprint density at radius 3 is 2.27 bits per heavy atom. The number of imidazole rings is 1. The van der Waals surface area contributed by atoms with Crippen LogP contribution in [0.15, 0.2) is 103 Å². The molecule has 0 aliphatic carbocycles. The predicted octanol–water partition coefficient (Wildman–Crippen LogP) is 7.72. The van der Waals surface area contributed by atoms with Crippen molar-refractivity contribution in [3.05, 3.63) is 120 Å². The summed E-state index contributed by atoms with van der Waals surface area (Å²) < 4.78 is 8.39. The van der Waals surface area contributed by atoms with Crippen molar-refractivity contribution in [3.63, 3.8) is 0 Å².